The van der Waals surface area contributed by atoms with Crippen molar-refractivity contribution in [1.82, 2.24) is 0 Å². The lowest BCUT2D eigenvalue weighted by molar-refractivity contribution is -0.577. The van der Waals surface area contributed by atoms with Crippen LogP contribution < -0.4 is 10.7 Å². The van der Waals surface area contributed by atoms with Crippen molar-refractivity contribution in [1.29, 1.82) is 5.41 Å². The standard InChI is InChI=1S/C18H22N4O2/c1-2-3-4-9-18(24)20-13-10-11-16(17(23)12-13)22-21-15-8-6-5-7-14(15)19/h5-8,10-12,19,22-23H,2-4,9H2,1H3,(H,20,24)/p+1. The van der Waals surface area contributed by atoms with Gasteiger partial charge in [-0.15, -0.1) is 0 Å². The number of nitrogens with zero attached hydrogens (tertiary/aromatic N) is 1. The number of allylic oxidation sites excluding steroid dienone is 4. The van der Waals surface area contributed by atoms with Crippen molar-refractivity contribution in [2.24, 2.45) is 5.10 Å². The van der Waals surface area contributed by atoms with Crippen LogP contribution in [0.5, 0.6) is 5.75 Å². The number of carbonyl (C=O) groups excluding carboxylic acids is 1. The van der Waals surface area contributed by atoms with Gasteiger partial charge < -0.3 is 10.4 Å². The topological polar surface area (TPSA) is 102 Å². The minimum Gasteiger partial charge on any atom is -0.503 e. The maximum Gasteiger partial charge on any atom is 0.224 e. The number of hydrogen-bond donors (Lipinski definition) is 4. The summed E-state index contributed by atoms with van der Waals surface area (Å²) < 4.78 is 0. The van der Waals surface area contributed by atoms with Gasteiger partial charge in [0, 0.05) is 24.2 Å². The number of benzene rings is 1. The van der Waals surface area contributed by atoms with E-state index in [2.05, 4.69) is 17.3 Å². The Hall–Kier alpha value is -2.73. The fourth-order valence-corrected chi connectivity index (χ4v) is 2.21. The minimum atomic E-state index is -0.0487. The van der Waals surface area contributed by atoms with Crippen LogP contribution in [0.15, 0.2) is 47.6 Å². The fraction of sp³-hybridized carbons (Fsp3) is 0.278. The van der Waals surface area contributed by atoms with Crippen LogP contribution in [0.25, 0.3) is 0 Å². The van der Waals surface area contributed by atoms with Gasteiger partial charge in [0.05, 0.1) is 5.71 Å². The number of phenolic OH excluding ortho intramolecular Hbond substituents is 1. The highest BCUT2D eigenvalue weighted by Crippen LogP contribution is 2.23. The summed E-state index contributed by atoms with van der Waals surface area (Å²) in [5, 5.41) is 24.8. The van der Waals surface area contributed by atoms with Crippen molar-refractivity contribution < 1.29 is 15.3 Å². The van der Waals surface area contributed by atoms with Crippen molar-refractivity contribution >= 4 is 28.7 Å². The van der Waals surface area contributed by atoms with Gasteiger partial charge in [0.25, 0.3) is 0 Å². The molecule has 6 nitrogen and oxygen atoms in total. The van der Waals surface area contributed by atoms with Gasteiger partial charge in [0.1, 0.15) is 5.71 Å². The van der Waals surface area contributed by atoms with Crippen LogP contribution in [0.3, 0.4) is 0 Å². The Kier molecular flexibility index (Phi) is 6.45. The number of nitrogens with one attached hydrogen (secondary N) is 2. The number of carbonyl (C=O) groups is 1. The average molecular weight is 327 g/mol. The van der Waals surface area contributed by atoms with E-state index in [1.807, 2.05) is 6.08 Å². The quantitative estimate of drug-likeness (QED) is 0.154. The van der Waals surface area contributed by atoms with Crippen molar-refractivity contribution in [2.45, 2.75) is 32.6 Å². The Labute approximate surface area is 141 Å². The van der Waals surface area contributed by atoms with Crippen molar-refractivity contribution in [3.63, 3.8) is 0 Å². The Morgan fingerprint density at radius 2 is 2.08 bits per heavy atom. The third-order valence-electron chi connectivity index (χ3n) is 3.57. The van der Waals surface area contributed by atoms with Gasteiger partial charge in [-0.2, -0.15) is 5.43 Å². The summed E-state index contributed by atoms with van der Waals surface area (Å²) in [6.45, 7) is 2.09. The summed E-state index contributed by atoms with van der Waals surface area (Å²) in [4.78, 5) is 11.8. The molecule has 6 heteroatoms. The molecule has 0 saturated heterocycles. The van der Waals surface area contributed by atoms with E-state index in [-0.39, 0.29) is 11.7 Å². The van der Waals surface area contributed by atoms with E-state index in [1.54, 1.807) is 30.4 Å². The van der Waals surface area contributed by atoms with E-state index in [9.17, 15) is 9.90 Å². The highest BCUT2D eigenvalue weighted by atomic mass is 16.3. The molecule has 0 atom stereocenters. The van der Waals surface area contributed by atoms with E-state index in [0.717, 1.165) is 19.3 Å². The third kappa shape index (κ3) is 5.17. The summed E-state index contributed by atoms with van der Waals surface area (Å²) in [6.07, 6.45) is 10.4. The molecule has 0 aromatic heterocycles. The second kappa shape index (κ2) is 8.79. The van der Waals surface area contributed by atoms with Crippen LogP contribution in [0.2, 0.25) is 0 Å². The van der Waals surface area contributed by atoms with E-state index < -0.39 is 0 Å². The molecule has 0 heterocycles. The van der Waals surface area contributed by atoms with E-state index >= 15 is 0 Å². The number of quaternary nitrogens is 1. The van der Waals surface area contributed by atoms with Crippen LogP contribution in [0.4, 0.5) is 11.4 Å². The summed E-state index contributed by atoms with van der Waals surface area (Å²) >= 11 is 0. The number of phenols is 1. The second-order valence-electron chi connectivity index (χ2n) is 5.55. The molecule has 0 bridgehead atoms. The van der Waals surface area contributed by atoms with Crippen LogP contribution in [0, 0.1) is 5.41 Å². The SMILES string of the molecule is CCCCCC(=O)Nc1ccc([NH2+]N=C2C=CC=CC2=N)c(O)c1. The van der Waals surface area contributed by atoms with Crippen LogP contribution in [-0.4, -0.2) is 22.4 Å². The summed E-state index contributed by atoms with van der Waals surface area (Å²) in [5.74, 6) is -0.0139. The lowest BCUT2D eigenvalue weighted by Crippen LogP contribution is -2.71. The van der Waals surface area contributed by atoms with Crippen molar-refractivity contribution in [2.75, 3.05) is 5.32 Å². The first-order valence-corrected chi connectivity index (χ1v) is 8.07. The van der Waals surface area contributed by atoms with Gasteiger partial charge in [-0.3, -0.25) is 10.2 Å². The van der Waals surface area contributed by atoms with E-state index in [1.165, 1.54) is 11.5 Å². The second-order valence-corrected chi connectivity index (χ2v) is 5.55. The molecule has 0 fully saturated rings. The monoisotopic (exact) mass is 327 g/mol. The number of nitrogens with two attached hydrogens (primary N) is 1. The molecular formula is C18H23N4O2+. The van der Waals surface area contributed by atoms with Crippen LogP contribution >= 0.6 is 0 Å². The van der Waals surface area contributed by atoms with Gasteiger partial charge in [0.15, 0.2) is 11.4 Å². The van der Waals surface area contributed by atoms with E-state index in [4.69, 9.17) is 5.41 Å². The zero-order chi connectivity index (χ0) is 17.4. The molecular weight excluding hydrogens is 304 g/mol. The highest BCUT2D eigenvalue weighted by Gasteiger charge is 2.10. The number of aromatic hydroxyl groups is 1. The predicted octanol–water partition coefficient (Wildman–Crippen LogP) is 2.61. The van der Waals surface area contributed by atoms with Gasteiger partial charge in [0.2, 0.25) is 5.91 Å². The first-order valence-electron chi connectivity index (χ1n) is 8.07. The number of rotatable bonds is 7. The maximum atomic E-state index is 11.8. The van der Waals surface area contributed by atoms with E-state index in [0.29, 0.717) is 29.2 Å². The molecule has 1 aromatic carbocycles. The Morgan fingerprint density at radius 1 is 1.29 bits per heavy atom. The lowest BCUT2D eigenvalue weighted by Gasteiger charge is -2.07. The minimum absolute atomic E-state index is 0.0348. The molecule has 1 amide bonds. The molecule has 1 aliphatic carbocycles. The van der Waals surface area contributed by atoms with Gasteiger partial charge in [-0.1, -0.05) is 37.0 Å². The average Bonchev–Trinajstić information content (AvgIpc) is 2.56. The van der Waals surface area contributed by atoms with Crippen LogP contribution in [0.1, 0.15) is 32.6 Å². The predicted molar refractivity (Wildman–Crippen MR) is 95.9 cm³/mol. The number of unbranched alkanes of at least 4 members (excludes halogenated alkanes) is 2. The molecule has 5 N–H and O–H groups in total. The molecule has 24 heavy (non-hydrogen) atoms. The zero-order valence-corrected chi connectivity index (χ0v) is 13.7. The fourth-order valence-electron chi connectivity index (χ4n) is 2.21. The Balaban J connectivity index is 1.96. The molecule has 0 unspecified atom stereocenters. The van der Waals surface area contributed by atoms with Crippen LogP contribution in [-0.2, 0) is 4.79 Å². The maximum absolute atomic E-state index is 11.8. The smallest absolute Gasteiger partial charge is 0.224 e. The molecule has 0 saturated carbocycles. The molecule has 0 spiro atoms. The number of anilines is 1. The van der Waals surface area contributed by atoms with Crippen molar-refractivity contribution in [3.05, 3.63) is 42.5 Å². The Morgan fingerprint density at radius 3 is 2.79 bits per heavy atom. The van der Waals surface area contributed by atoms with Crippen molar-refractivity contribution in [3.8, 4) is 5.75 Å². The third-order valence-corrected chi connectivity index (χ3v) is 3.57. The zero-order valence-electron chi connectivity index (χ0n) is 13.7. The molecule has 0 aliphatic heterocycles. The largest absolute Gasteiger partial charge is 0.503 e. The molecule has 1 aliphatic rings. The van der Waals surface area contributed by atoms with Gasteiger partial charge >= 0.3 is 0 Å². The summed E-state index contributed by atoms with van der Waals surface area (Å²) in [6, 6.07) is 4.92. The molecule has 0 radical (unpaired) electrons. The molecule has 2 rings (SSSR count). The summed E-state index contributed by atoms with van der Waals surface area (Å²) in [7, 11) is 0. The first-order chi connectivity index (χ1) is 11.6. The Bertz CT molecular complexity index is 705. The molecule has 126 valence electrons. The summed E-state index contributed by atoms with van der Waals surface area (Å²) in [5.41, 5.74) is 3.46. The number of hydrogen-bond acceptors (Lipinski definition) is 4. The lowest BCUT2D eigenvalue weighted by atomic mass is 10.1. The van der Waals surface area contributed by atoms with Gasteiger partial charge in [-0.25, -0.2) is 0 Å². The first kappa shape index (κ1) is 17.6. The van der Waals surface area contributed by atoms with Gasteiger partial charge in [-0.05, 0) is 24.6 Å². The highest BCUT2D eigenvalue weighted by molar-refractivity contribution is 6.49. The number of amides is 1. The normalized spacial score (nSPS) is 15.0. The molecule has 1 aromatic rings.